The number of nitriles is 1. The van der Waals surface area contributed by atoms with E-state index in [4.69, 9.17) is 16.9 Å². The molecule has 1 aliphatic heterocycles. The van der Waals surface area contributed by atoms with Crippen LogP contribution in [0.15, 0.2) is 18.2 Å². The van der Waals surface area contributed by atoms with Crippen LogP contribution in [0.3, 0.4) is 0 Å². The Morgan fingerprint density at radius 1 is 1.35 bits per heavy atom. The van der Waals surface area contributed by atoms with Gasteiger partial charge in [-0.1, -0.05) is 25.4 Å². The molecule has 23 heavy (non-hydrogen) atoms. The first kappa shape index (κ1) is 17.3. The summed E-state index contributed by atoms with van der Waals surface area (Å²) in [5, 5.41) is 12.0. The summed E-state index contributed by atoms with van der Waals surface area (Å²) in [6, 6.07) is 6.81. The lowest BCUT2D eigenvalue weighted by molar-refractivity contribution is -0.137. The Balaban J connectivity index is 1.92. The van der Waals surface area contributed by atoms with Crippen LogP contribution >= 0.6 is 11.6 Å². The van der Waals surface area contributed by atoms with Gasteiger partial charge in [-0.25, -0.2) is 0 Å². The largest absolute Gasteiger partial charge is 0.342 e. The third-order valence-corrected chi connectivity index (χ3v) is 4.34. The predicted octanol–water partition coefficient (Wildman–Crippen LogP) is 3.04. The highest BCUT2D eigenvalue weighted by molar-refractivity contribution is 6.32. The Morgan fingerprint density at radius 3 is 2.52 bits per heavy atom. The van der Waals surface area contributed by atoms with Crippen molar-refractivity contribution in [3.63, 3.8) is 0 Å². The normalized spacial score (nSPS) is 15.3. The molecule has 0 saturated carbocycles. The summed E-state index contributed by atoms with van der Waals surface area (Å²) in [4.78, 5) is 26.1. The number of amides is 2. The van der Waals surface area contributed by atoms with Gasteiger partial charge >= 0.3 is 0 Å². The molecule has 0 aromatic heterocycles. The second-order valence-electron chi connectivity index (χ2n) is 6.05. The van der Waals surface area contributed by atoms with Gasteiger partial charge in [0.2, 0.25) is 11.8 Å². The van der Waals surface area contributed by atoms with E-state index < -0.39 is 0 Å². The maximum atomic E-state index is 12.3. The number of anilines is 1. The molecule has 1 aliphatic rings. The third kappa shape index (κ3) is 4.23. The number of piperidine rings is 1. The molecule has 0 aliphatic carbocycles. The monoisotopic (exact) mass is 333 g/mol. The maximum Gasteiger partial charge on any atom is 0.227 e. The SMILES string of the molecule is CC(C)C(=O)N1CCC(C(=O)Nc2ccc(C#N)c(Cl)c2)CC1. The predicted molar refractivity (Wildman–Crippen MR) is 88.9 cm³/mol. The van der Waals surface area contributed by atoms with E-state index in [0.29, 0.717) is 42.2 Å². The molecular weight excluding hydrogens is 314 g/mol. The van der Waals surface area contributed by atoms with Crippen molar-refractivity contribution in [1.29, 1.82) is 5.26 Å². The van der Waals surface area contributed by atoms with Crippen LogP contribution in [0.5, 0.6) is 0 Å². The maximum absolute atomic E-state index is 12.3. The molecule has 1 saturated heterocycles. The summed E-state index contributed by atoms with van der Waals surface area (Å²) in [6.07, 6.45) is 1.32. The molecule has 0 bridgehead atoms. The van der Waals surface area contributed by atoms with Crippen LogP contribution in [0.25, 0.3) is 0 Å². The molecule has 0 spiro atoms. The number of rotatable bonds is 3. The van der Waals surface area contributed by atoms with E-state index in [1.54, 1.807) is 18.2 Å². The Labute approximate surface area is 141 Å². The van der Waals surface area contributed by atoms with E-state index in [1.807, 2.05) is 24.8 Å². The summed E-state index contributed by atoms with van der Waals surface area (Å²) >= 11 is 5.96. The molecule has 1 fully saturated rings. The number of carbonyl (C=O) groups is 2. The highest BCUT2D eigenvalue weighted by Crippen LogP contribution is 2.23. The summed E-state index contributed by atoms with van der Waals surface area (Å²) in [5.74, 6) is -0.0491. The van der Waals surface area contributed by atoms with Gasteiger partial charge in [0.1, 0.15) is 6.07 Å². The summed E-state index contributed by atoms with van der Waals surface area (Å²) < 4.78 is 0. The molecular formula is C17H20ClN3O2. The first-order valence-corrected chi connectivity index (χ1v) is 8.09. The number of nitrogens with zero attached hydrogens (tertiary/aromatic N) is 2. The van der Waals surface area contributed by atoms with Crippen LogP contribution in [-0.2, 0) is 9.59 Å². The lowest BCUT2D eigenvalue weighted by Crippen LogP contribution is -2.43. The molecule has 1 aromatic carbocycles. The summed E-state index contributed by atoms with van der Waals surface area (Å²) in [5.41, 5.74) is 0.963. The number of nitrogens with one attached hydrogen (secondary N) is 1. The van der Waals surface area contributed by atoms with Gasteiger partial charge in [-0.15, -0.1) is 0 Å². The van der Waals surface area contributed by atoms with Gasteiger partial charge in [0.15, 0.2) is 0 Å². The van der Waals surface area contributed by atoms with Gasteiger partial charge in [0.25, 0.3) is 0 Å². The van der Waals surface area contributed by atoms with E-state index in [9.17, 15) is 9.59 Å². The topological polar surface area (TPSA) is 73.2 Å². The van der Waals surface area contributed by atoms with Crippen molar-refractivity contribution in [2.24, 2.45) is 11.8 Å². The van der Waals surface area contributed by atoms with E-state index >= 15 is 0 Å². The first-order chi connectivity index (χ1) is 10.9. The zero-order valence-corrected chi connectivity index (χ0v) is 14.1. The van der Waals surface area contributed by atoms with Crippen molar-refractivity contribution in [3.05, 3.63) is 28.8 Å². The lowest BCUT2D eigenvalue weighted by Gasteiger charge is -2.32. The van der Waals surface area contributed by atoms with Gasteiger partial charge in [0, 0.05) is 30.6 Å². The van der Waals surface area contributed by atoms with E-state index in [-0.39, 0.29) is 23.7 Å². The fourth-order valence-electron chi connectivity index (χ4n) is 2.66. The molecule has 2 rings (SSSR count). The van der Waals surface area contributed by atoms with Crippen LogP contribution in [0.2, 0.25) is 5.02 Å². The van der Waals surface area contributed by atoms with Crippen molar-refractivity contribution in [2.45, 2.75) is 26.7 Å². The Kier molecular flexibility index (Phi) is 5.62. The van der Waals surface area contributed by atoms with Crippen LogP contribution in [0.1, 0.15) is 32.3 Å². The van der Waals surface area contributed by atoms with Crippen molar-refractivity contribution < 1.29 is 9.59 Å². The average Bonchev–Trinajstić information content (AvgIpc) is 2.54. The molecule has 0 radical (unpaired) electrons. The van der Waals surface area contributed by atoms with Crippen LogP contribution < -0.4 is 5.32 Å². The van der Waals surface area contributed by atoms with Gasteiger partial charge in [0.05, 0.1) is 10.6 Å². The molecule has 1 heterocycles. The van der Waals surface area contributed by atoms with Crippen molar-refractivity contribution in [3.8, 4) is 6.07 Å². The molecule has 2 amide bonds. The standard InChI is InChI=1S/C17H20ClN3O2/c1-11(2)17(23)21-7-5-12(6-8-21)16(22)20-14-4-3-13(10-19)15(18)9-14/h3-4,9,11-12H,5-8H2,1-2H3,(H,20,22). The number of benzene rings is 1. The zero-order chi connectivity index (χ0) is 17.0. The average molecular weight is 334 g/mol. The molecule has 1 aromatic rings. The Bertz CT molecular complexity index is 644. The number of halogens is 1. The van der Waals surface area contributed by atoms with Crippen molar-refractivity contribution in [2.75, 3.05) is 18.4 Å². The molecule has 122 valence electrons. The van der Waals surface area contributed by atoms with Crippen molar-refractivity contribution in [1.82, 2.24) is 4.90 Å². The summed E-state index contributed by atoms with van der Waals surface area (Å²) in [7, 11) is 0. The van der Waals surface area contributed by atoms with E-state index in [1.165, 1.54) is 0 Å². The highest BCUT2D eigenvalue weighted by Gasteiger charge is 2.28. The highest BCUT2D eigenvalue weighted by atomic mass is 35.5. The van der Waals surface area contributed by atoms with Crippen LogP contribution in [-0.4, -0.2) is 29.8 Å². The van der Waals surface area contributed by atoms with Gasteiger partial charge in [-0.2, -0.15) is 5.26 Å². The minimum atomic E-state index is -0.111. The fraction of sp³-hybridized carbons (Fsp3) is 0.471. The molecule has 6 heteroatoms. The van der Waals surface area contributed by atoms with E-state index in [2.05, 4.69) is 5.32 Å². The quantitative estimate of drug-likeness (QED) is 0.924. The molecule has 0 atom stereocenters. The van der Waals surface area contributed by atoms with Gasteiger partial charge < -0.3 is 10.2 Å². The number of hydrogen-bond donors (Lipinski definition) is 1. The second kappa shape index (κ2) is 7.47. The minimum Gasteiger partial charge on any atom is -0.342 e. The smallest absolute Gasteiger partial charge is 0.227 e. The zero-order valence-electron chi connectivity index (χ0n) is 13.3. The minimum absolute atomic E-state index is 0.0128. The lowest BCUT2D eigenvalue weighted by atomic mass is 9.95. The second-order valence-corrected chi connectivity index (χ2v) is 6.46. The molecule has 0 unspecified atom stereocenters. The first-order valence-electron chi connectivity index (χ1n) is 7.71. The number of carbonyl (C=O) groups excluding carboxylic acids is 2. The Morgan fingerprint density at radius 2 is 2.00 bits per heavy atom. The van der Waals surface area contributed by atoms with Crippen LogP contribution in [0, 0.1) is 23.2 Å². The van der Waals surface area contributed by atoms with Crippen molar-refractivity contribution >= 4 is 29.1 Å². The number of hydrogen-bond acceptors (Lipinski definition) is 3. The Hall–Kier alpha value is -2.06. The fourth-order valence-corrected chi connectivity index (χ4v) is 2.88. The van der Waals surface area contributed by atoms with E-state index in [0.717, 1.165) is 0 Å². The van der Waals surface area contributed by atoms with Gasteiger partial charge in [-0.05, 0) is 31.0 Å². The van der Waals surface area contributed by atoms with Crippen LogP contribution in [0.4, 0.5) is 5.69 Å². The molecule has 5 nitrogen and oxygen atoms in total. The number of likely N-dealkylation sites (tertiary alicyclic amines) is 1. The molecule has 1 N–H and O–H groups in total. The van der Waals surface area contributed by atoms with Gasteiger partial charge in [-0.3, -0.25) is 9.59 Å². The third-order valence-electron chi connectivity index (χ3n) is 4.03. The summed E-state index contributed by atoms with van der Waals surface area (Å²) in [6.45, 7) is 5.00.